The Morgan fingerprint density at radius 2 is 1.81 bits per heavy atom. The Hall–Kier alpha value is -1.33. The average Bonchev–Trinajstić information content (AvgIpc) is 2.43. The van der Waals surface area contributed by atoms with Gasteiger partial charge < -0.3 is 5.32 Å². The summed E-state index contributed by atoms with van der Waals surface area (Å²) in [6, 6.07) is 6.35. The molecule has 0 saturated carbocycles. The van der Waals surface area contributed by atoms with E-state index in [1.807, 2.05) is 0 Å². The fourth-order valence-electron chi connectivity index (χ4n) is 2.05. The van der Waals surface area contributed by atoms with Gasteiger partial charge >= 0.3 is 0 Å². The van der Waals surface area contributed by atoms with Crippen LogP contribution in [0.1, 0.15) is 29.7 Å². The van der Waals surface area contributed by atoms with Gasteiger partial charge in [0.2, 0.25) is 0 Å². The molecule has 0 saturated heterocycles. The predicted octanol–water partition coefficient (Wildman–Crippen LogP) is 5.03. The SMILES string of the molecule is Cc1cc(F)c(C(C)NCc2cc(F)ccc2Br)cc1F. The molecule has 2 aromatic carbocycles. The van der Waals surface area contributed by atoms with Gasteiger partial charge in [0.1, 0.15) is 17.5 Å². The van der Waals surface area contributed by atoms with E-state index in [0.29, 0.717) is 6.54 Å². The number of nitrogens with one attached hydrogen (secondary N) is 1. The van der Waals surface area contributed by atoms with E-state index in [2.05, 4.69) is 21.2 Å². The molecule has 0 amide bonds. The lowest BCUT2D eigenvalue weighted by molar-refractivity contribution is 0.515. The molecule has 0 fully saturated rings. The van der Waals surface area contributed by atoms with E-state index in [-0.39, 0.29) is 16.9 Å². The summed E-state index contributed by atoms with van der Waals surface area (Å²) in [6.45, 7) is 3.60. The van der Waals surface area contributed by atoms with Crippen LogP contribution < -0.4 is 5.32 Å². The van der Waals surface area contributed by atoms with Gasteiger partial charge in [-0.05, 0) is 55.3 Å². The molecule has 0 aliphatic carbocycles. The summed E-state index contributed by atoms with van der Waals surface area (Å²) in [6.07, 6.45) is 0. The summed E-state index contributed by atoms with van der Waals surface area (Å²) in [7, 11) is 0. The molecule has 1 atom stereocenters. The summed E-state index contributed by atoms with van der Waals surface area (Å²) in [5, 5.41) is 3.07. The number of benzene rings is 2. The van der Waals surface area contributed by atoms with Crippen molar-refractivity contribution in [3.05, 3.63) is 68.9 Å². The minimum Gasteiger partial charge on any atom is -0.306 e. The molecule has 0 radical (unpaired) electrons. The van der Waals surface area contributed by atoms with Gasteiger partial charge in [0.25, 0.3) is 0 Å². The minimum absolute atomic E-state index is 0.255. The van der Waals surface area contributed by atoms with Crippen molar-refractivity contribution in [1.29, 1.82) is 0 Å². The van der Waals surface area contributed by atoms with Crippen LogP contribution in [0.25, 0.3) is 0 Å². The van der Waals surface area contributed by atoms with Crippen molar-refractivity contribution in [2.75, 3.05) is 0 Å². The van der Waals surface area contributed by atoms with E-state index in [1.54, 1.807) is 13.0 Å². The Labute approximate surface area is 130 Å². The van der Waals surface area contributed by atoms with E-state index in [0.717, 1.165) is 10.0 Å². The van der Waals surface area contributed by atoms with Crippen LogP contribution in [0.3, 0.4) is 0 Å². The van der Waals surface area contributed by atoms with Crippen molar-refractivity contribution in [2.45, 2.75) is 26.4 Å². The van der Waals surface area contributed by atoms with Crippen molar-refractivity contribution in [2.24, 2.45) is 0 Å². The Balaban J connectivity index is 2.13. The molecule has 1 nitrogen and oxygen atoms in total. The lowest BCUT2D eigenvalue weighted by Crippen LogP contribution is -2.20. The van der Waals surface area contributed by atoms with E-state index in [1.165, 1.54) is 31.2 Å². The molecule has 5 heteroatoms. The van der Waals surface area contributed by atoms with Crippen LogP contribution in [-0.2, 0) is 6.54 Å². The van der Waals surface area contributed by atoms with Crippen LogP contribution in [0.4, 0.5) is 13.2 Å². The van der Waals surface area contributed by atoms with Gasteiger partial charge in [-0.2, -0.15) is 0 Å². The van der Waals surface area contributed by atoms with E-state index in [4.69, 9.17) is 0 Å². The first kappa shape index (κ1) is 16.0. The molecule has 0 aliphatic heterocycles. The first-order chi connectivity index (χ1) is 9.88. The van der Waals surface area contributed by atoms with Gasteiger partial charge in [0, 0.05) is 22.6 Å². The van der Waals surface area contributed by atoms with Crippen molar-refractivity contribution in [3.8, 4) is 0 Å². The van der Waals surface area contributed by atoms with Gasteiger partial charge in [-0.15, -0.1) is 0 Å². The monoisotopic (exact) mass is 357 g/mol. The minimum atomic E-state index is -0.452. The molecule has 2 rings (SSSR count). The zero-order valence-electron chi connectivity index (χ0n) is 11.7. The molecule has 0 aromatic heterocycles. The normalized spacial score (nSPS) is 12.5. The van der Waals surface area contributed by atoms with Crippen molar-refractivity contribution >= 4 is 15.9 Å². The number of rotatable bonds is 4. The van der Waals surface area contributed by atoms with E-state index < -0.39 is 17.7 Å². The topological polar surface area (TPSA) is 12.0 Å². The van der Waals surface area contributed by atoms with Crippen LogP contribution >= 0.6 is 15.9 Å². The van der Waals surface area contributed by atoms with Gasteiger partial charge in [-0.1, -0.05) is 15.9 Å². The summed E-state index contributed by atoms with van der Waals surface area (Å²) in [5.41, 5.74) is 1.25. The van der Waals surface area contributed by atoms with Crippen LogP contribution in [0.2, 0.25) is 0 Å². The molecule has 1 unspecified atom stereocenters. The summed E-state index contributed by atoms with van der Waals surface area (Å²) >= 11 is 3.33. The first-order valence-electron chi connectivity index (χ1n) is 6.51. The zero-order valence-corrected chi connectivity index (χ0v) is 13.3. The first-order valence-corrected chi connectivity index (χ1v) is 7.30. The molecular formula is C16H15BrF3N. The van der Waals surface area contributed by atoms with Crippen LogP contribution in [0.5, 0.6) is 0 Å². The van der Waals surface area contributed by atoms with Crippen LogP contribution in [0, 0.1) is 24.4 Å². The summed E-state index contributed by atoms with van der Waals surface area (Å²) < 4.78 is 41.4. The third kappa shape index (κ3) is 3.86. The summed E-state index contributed by atoms with van der Waals surface area (Å²) in [5.74, 6) is -1.23. The molecule has 1 N–H and O–H groups in total. The highest BCUT2D eigenvalue weighted by molar-refractivity contribution is 9.10. The maximum absolute atomic E-state index is 13.9. The van der Waals surface area contributed by atoms with Gasteiger partial charge in [0.15, 0.2) is 0 Å². The molecule has 112 valence electrons. The van der Waals surface area contributed by atoms with Crippen molar-refractivity contribution in [3.63, 3.8) is 0 Å². The van der Waals surface area contributed by atoms with Gasteiger partial charge in [0.05, 0.1) is 0 Å². The highest BCUT2D eigenvalue weighted by Crippen LogP contribution is 2.22. The second kappa shape index (κ2) is 6.62. The van der Waals surface area contributed by atoms with Gasteiger partial charge in [-0.3, -0.25) is 0 Å². The molecule has 0 bridgehead atoms. The highest BCUT2D eigenvalue weighted by Gasteiger charge is 2.14. The molecule has 0 aliphatic rings. The zero-order chi connectivity index (χ0) is 15.6. The number of aryl methyl sites for hydroxylation is 1. The number of hydrogen-bond acceptors (Lipinski definition) is 1. The largest absolute Gasteiger partial charge is 0.306 e. The van der Waals surface area contributed by atoms with Crippen LogP contribution in [-0.4, -0.2) is 0 Å². The second-order valence-corrected chi connectivity index (χ2v) is 5.82. The van der Waals surface area contributed by atoms with Crippen LogP contribution in [0.15, 0.2) is 34.8 Å². The predicted molar refractivity (Wildman–Crippen MR) is 80.4 cm³/mol. The fourth-order valence-corrected chi connectivity index (χ4v) is 2.43. The standard InChI is InChI=1S/C16H15BrF3N/c1-9-5-16(20)13(7-15(9)19)10(2)21-8-11-6-12(18)3-4-14(11)17/h3-7,10,21H,8H2,1-2H3. The Bertz CT molecular complexity index is 658. The molecule has 0 heterocycles. The number of halogens is 4. The lowest BCUT2D eigenvalue weighted by atomic mass is 10.0. The molecule has 0 spiro atoms. The average molecular weight is 358 g/mol. The third-order valence-electron chi connectivity index (χ3n) is 3.35. The smallest absolute Gasteiger partial charge is 0.128 e. The number of hydrogen-bond donors (Lipinski definition) is 1. The quantitative estimate of drug-likeness (QED) is 0.809. The maximum atomic E-state index is 13.9. The lowest BCUT2D eigenvalue weighted by Gasteiger charge is -2.16. The second-order valence-electron chi connectivity index (χ2n) is 4.96. The molecule has 21 heavy (non-hydrogen) atoms. The summed E-state index contributed by atoms with van der Waals surface area (Å²) in [4.78, 5) is 0. The Morgan fingerprint density at radius 1 is 1.10 bits per heavy atom. The van der Waals surface area contributed by atoms with Crippen molar-refractivity contribution < 1.29 is 13.2 Å². The van der Waals surface area contributed by atoms with E-state index in [9.17, 15) is 13.2 Å². The fraction of sp³-hybridized carbons (Fsp3) is 0.250. The molecule has 2 aromatic rings. The van der Waals surface area contributed by atoms with Gasteiger partial charge in [-0.25, -0.2) is 13.2 Å². The van der Waals surface area contributed by atoms with E-state index >= 15 is 0 Å². The maximum Gasteiger partial charge on any atom is 0.128 e. The highest BCUT2D eigenvalue weighted by atomic mass is 79.9. The third-order valence-corrected chi connectivity index (χ3v) is 4.12. The van der Waals surface area contributed by atoms with Crippen molar-refractivity contribution in [1.82, 2.24) is 5.32 Å². The molecular weight excluding hydrogens is 343 g/mol. The Kier molecular flexibility index (Phi) is 5.06. The Morgan fingerprint density at radius 3 is 2.52 bits per heavy atom.